The summed E-state index contributed by atoms with van der Waals surface area (Å²) in [7, 11) is -3.72. The van der Waals surface area contributed by atoms with Crippen LogP contribution in [0.2, 0.25) is 5.02 Å². The molecular weight excluding hydrogens is 375 g/mol. The summed E-state index contributed by atoms with van der Waals surface area (Å²) >= 11 is 6.69. The first-order valence-electron chi connectivity index (χ1n) is 7.24. The molecule has 0 unspecified atom stereocenters. The van der Waals surface area contributed by atoms with Gasteiger partial charge < -0.3 is 5.32 Å². The number of hydrogen-bond acceptors (Lipinski definition) is 4. The van der Waals surface area contributed by atoms with Gasteiger partial charge in [-0.25, -0.2) is 12.8 Å². The highest BCUT2D eigenvalue weighted by Gasteiger charge is 2.32. The first kappa shape index (κ1) is 17.3. The zero-order valence-corrected chi connectivity index (χ0v) is 14.8. The molecule has 2 aromatic rings. The minimum absolute atomic E-state index is 0.0290. The Morgan fingerprint density at radius 3 is 2.67 bits per heavy atom. The van der Waals surface area contributed by atoms with Crippen molar-refractivity contribution in [3.05, 3.63) is 45.4 Å². The molecule has 0 aliphatic carbocycles. The maximum absolute atomic E-state index is 13.9. The lowest BCUT2D eigenvalue weighted by Gasteiger charge is -2.15. The van der Waals surface area contributed by atoms with E-state index < -0.39 is 21.7 Å². The molecule has 0 bridgehead atoms. The van der Waals surface area contributed by atoms with Gasteiger partial charge in [-0.15, -0.1) is 11.3 Å². The number of carbonyl (C=O) groups excluding carboxylic acids is 1. The van der Waals surface area contributed by atoms with Gasteiger partial charge in [0.2, 0.25) is 10.0 Å². The van der Waals surface area contributed by atoms with Crippen molar-refractivity contribution in [3.8, 4) is 0 Å². The number of rotatable bonds is 4. The number of benzene rings is 1. The molecule has 128 valence electrons. The van der Waals surface area contributed by atoms with Crippen molar-refractivity contribution in [2.45, 2.75) is 17.7 Å². The smallest absolute Gasteiger partial charge is 0.267 e. The third-order valence-electron chi connectivity index (χ3n) is 3.72. The molecule has 9 heteroatoms. The second kappa shape index (κ2) is 6.79. The largest absolute Gasteiger partial charge is 0.319 e. The van der Waals surface area contributed by atoms with Crippen LogP contribution in [0.4, 0.5) is 10.1 Å². The maximum Gasteiger partial charge on any atom is 0.267 e. The van der Waals surface area contributed by atoms with Gasteiger partial charge in [0, 0.05) is 13.1 Å². The summed E-state index contributed by atoms with van der Waals surface area (Å²) in [4.78, 5) is 12.4. The number of nitrogens with one attached hydrogen (secondary N) is 1. The normalized spacial score (nSPS) is 15.6. The summed E-state index contributed by atoms with van der Waals surface area (Å²) in [6, 6.07) is 5.63. The van der Waals surface area contributed by atoms with Crippen LogP contribution < -0.4 is 5.32 Å². The van der Waals surface area contributed by atoms with Crippen LogP contribution >= 0.6 is 22.9 Å². The van der Waals surface area contributed by atoms with Crippen molar-refractivity contribution in [3.63, 3.8) is 0 Å². The van der Waals surface area contributed by atoms with Crippen molar-refractivity contribution in [2.75, 3.05) is 18.4 Å². The number of halogens is 2. The number of anilines is 1. The zero-order chi connectivity index (χ0) is 17.3. The standard InChI is InChI=1S/C15H14ClFN2O3S2/c16-10-4-3-5-11(13(10)17)18-15(20)14-12(6-9-23-14)24(21,22)19-7-1-2-8-19/h3-6,9H,1-2,7-8H2,(H,18,20). The van der Waals surface area contributed by atoms with E-state index >= 15 is 0 Å². The minimum atomic E-state index is -3.72. The minimum Gasteiger partial charge on any atom is -0.319 e. The third kappa shape index (κ3) is 3.19. The molecule has 24 heavy (non-hydrogen) atoms. The van der Waals surface area contributed by atoms with Crippen LogP contribution in [0, 0.1) is 5.82 Å². The molecule has 0 atom stereocenters. The van der Waals surface area contributed by atoms with E-state index in [1.165, 1.54) is 34.0 Å². The van der Waals surface area contributed by atoms with Crippen molar-refractivity contribution in [2.24, 2.45) is 0 Å². The highest BCUT2D eigenvalue weighted by molar-refractivity contribution is 7.89. The molecule has 1 N–H and O–H groups in total. The van der Waals surface area contributed by atoms with Gasteiger partial charge in [0.15, 0.2) is 5.82 Å². The highest BCUT2D eigenvalue weighted by Crippen LogP contribution is 2.29. The van der Waals surface area contributed by atoms with Crippen LogP contribution in [0.5, 0.6) is 0 Å². The molecule has 1 aromatic heterocycles. The van der Waals surface area contributed by atoms with Crippen molar-refractivity contribution >= 4 is 44.6 Å². The van der Waals surface area contributed by atoms with Crippen LogP contribution in [0.3, 0.4) is 0 Å². The molecule has 3 rings (SSSR count). The number of thiophene rings is 1. The highest BCUT2D eigenvalue weighted by atomic mass is 35.5. The summed E-state index contributed by atoms with van der Waals surface area (Å²) < 4.78 is 40.6. The average molecular weight is 389 g/mol. The molecule has 5 nitrogen and oxygen atoms in total. The predicted octanol–water partition coefficient (Wildman–Crippen LogP) is 3.58. The van der Waals surface area contributed by atoms with E-state index in [1.807, 2.05) is 0 Å². The first-order valence-corrected chi connectivity index (χ1v) is 9.94. The molecule has 1 amide bonds. The molecule has 0 saturated carbocycles. The fraction of sp³-hybridized carbons (Fsp3) is 0.267. The number of sulfonamides is 1. The van der Waals surface area contributed by atoms with E-state index in [4.69, 9.17) is 11.6 Å². The van der Waals surface area contributed by atoms with Gasteiger partial charge in [-0.05, 0) is 36.4 Å². The number of hydrogen-bond donors (Lipinski definition) is 1. The van der Waals surface area contributed by atoms with Gasteiger partial charge in [0.25, 0.3) is 5.91 Å². The molecule has 1 aromatic carbocycles. The third-order valence-corrected chi connectivity index (χ3v) is 6.99. The van der Waals surface area contributed by atoms with Crippen molar-refractivity contribution in [1.29, 1.82) is 0 Å². The lowest BCUT2D eigenvalue weighted by atomic mass is 10.3. The van der Waals surface area contributed by atoms with E-state index in [1.54, 1.807) is 0 Å². The number of nitrogens with zero attached hydrogens (tertiary/aromatic N) is 1. The van der Waals surface area contributed by atoms with Gasteiger partial charge in [-0.3, -0.25) is 4.79 Å². The van der Waals surface area contributed by atoms with Gasteiger partial charge in [0.05, 0.1) is 10.7 Å². The molecule has 1 fully saturated rings. The van der Waals surface area contributed by atoms with Crippen LogP contribution in [-0.4, -0.2) is 31.7 Å². The Labute approximate surface area is 148 Å². The molecule has 2 heterocycles. The maximum atomic E-state index is 13.9. The Morgan fingerprint density at radius 1 is 1.25 bits per heavy atom. The summed E-state index contributed by atoms with van der Waals surface area (Å²) in [5, 5.41) is 3.80. The summed E-state index contributed by atoms with van der Waals surface area (Å²) in [5.74, 6) is -1.43. The van der Waals surface area contributed by atoms with Gasteiger partial charge in [-0.2, -0.15) is 4.31 Å². The molecule has 0 radical (unpaired) electrons. The van der Waals surface area contributed by atoms with E-state index in [0.717, 1.165) is 24.2 Å². The second-order valence-corrected chi connectivity index (χ2v) is 8.51. The molecular formula is C15H14ClFN2O3S2. The molecule has 1 aliphatic heterocycles. The summed E-state index contributed by atoms with van der Waals surface area (Å²) in [5.41, 5.74) is -0.0922. The molecule has 1 aliphatic rings. The van der Waals surface area contributed by atoms with Crippen molar-refractivity contribution < 1.29 is 17.6 Å². The Morgan fingerprint density at radius 2 is 1.96 bits per heavy atom. The molecule has 0 spiro atoms. The van der Waals surface area contributed by atoms with Gasteiger partial charge in [-0.1, -0.05) is 17.7 Å². The molecule has 1 saturated heterocycles. The van der Waals surface area contributed by atoms with E-state index in [2.05, 4.69) is 5.32 Å². The van der Waals surface area contributed by atoms with Crippen molar-refractivity contribution in [1.82, 2.24) is 4.31 Å². The summed E-state index contributed by atoms with van der Waals surface area (Å²) in [6.07, 6.45) is 1.61. The second-order valence-electron chi connectivity index (χ2n) is 5.28. The Kier molecular flexibility index (Phi) is 4.91. The van der Waals surface area contributed by atoms with Gasteiger partial charge >= 0.3 is 0 Å². The van der Waals surface area contributed by atoms with E-state index in [9.17, 15) is 17.6 Å². The number of amides is 1. The van der Waals surface area contributed by atoms with Gasteiger partial charge in [0.1, 0.15) is 9.77 Å². The predicted molar refractivity (Wildman–Crippen MR) is 91.7 cm³/mol. The van der Waals surface area contributed by atoms with E-state index in [-0.39, 0.29) is 20.5 Å². The Bertz CT molecular complexity index is 877. The Balaban J connectivity index is 1.90. The van der Waals surface area contributed by atoms with Crippen LogP contribution in [-0.2, 0) is 10.0 Å². The van der Waals surface area contributed by atoms with Crippen LogP contribution in [0.15, 0.2) is 34.5 Å². The lowest BCUT2D eigenvalue weighted by Crippen LogP contribution is -2.29. The lowest BCUT2D eigenvalue weighted by molar-refractivity contribution is 0.102. The van der Waals surface area contributed by atoms with E-state index in [0.29, 0.717) is 13.1 Å². The van der Waals surface area contributed by atoms with Crippen LogP contribution in [0.25, 0.3) is 0 Å². The topological polar surface area (TPSA) is 66.5 Å². The van der Waals surface area contributed by atoms with Crippen LogP contribution in [0.1, 0.15) is 22.5 Å². The summed E-state index contributed by atoms with van der Waals surface area (Å²) in [6.45, 7) is 0.893. The average Bonchev–Trinajstić information content (AvgIpc) is 3.22. The quantitative estimate of drug-likeness (QED) is 0.870. The first-order chi connectivity index (χ1) is 11.4. The fourth-order valence-electron chi connectivity index (χ4n) is 2.51. The Hall–Kier alpha value is -1.48. The fourth-order valence-corrected chi connectivity index (χ4v) is 5.50. The number of carbonyl (C=O) groups is 1. The monoisotopic (exact) mass is 388 g/mol. The zero-order valence-electron chi connectivity index (χ0n) is 12.5. The SMILES string of the molecule is O=C(Nc1cccc(Cl)c1F)c1sccc1S(=O)(=O)N1CCCC1.